The van der Waals surface area contributed by atoms with E-state index < -0.39 is 0 Å². The van der Waals surface area contributed by atoms with E-state index in [0.717, 1.165) is 0 Å². The minimum atomic E-state index is -0.324. The van der Waals surface area contributed by atoms with Crippen LogP contribution in [0.5, 0.6) is 0 Å². The fraction of sp³-hybridized carbons (Fsp3) is 0. The summed E-state index contributed by atoms with van der Waals surface area (Å²) in [6, 6.07) is 11.1. The zero-order valence-corrected chi connectivity index (χ0v) is 9.59. The number of rotatable bonds is 2. The van der Waals surface area contributed by atoms with Crippen molar-refractivity contribution in [2.75, 3.05) is 0 Å². The van der Waals surface area contributed by atoms with Crippen LogP contribution in [0.1, 0.15) is 5.69 Å². The molecule has 1 N–H and O–H groups in total. The minimum absolute atomic E-state index is 0.279. The van der Waals surface area contributed by atoms with E-state index in [2.05, 4.69) is 15.1 Å². The lowest BCUT2D eigenvalue weighted by molar-refractivity contribution is 0.431. The van der Waals surface area contributed by atoms with Gasteiger partial charge in [0.1, 0.15) is 23.3 Å². The number of nitrogens with one attached hydrogen (secondary N) is 1. The molecule has 0 fully saturated rings. The van der Waals surface area contributed by atoms with Crippen molar-refractivity contribution in [2.45, 2.75) is 0 Å². The molecule has 3 aromatic rings. The molecule has 0 saturated carbocycles. The highest BCUT2D eigenvalue weighted by molar-refractivity contribution is 5.58. The van der Waals surface area contributed by atoms with Gasteiger partial charge in [0.05, 0.1) is 0 Å². The Kier molecular flexibility index (Phi) is 2.58. The van der Waals surface area contributed by atoms with Crippen LogP contribution in [0.15, 0.2) is 40.9 Å². The topological polar surface area (TPSA) is 78.5 Å². The average Bonchev–Trinajstić information content (AvgIpc) is 3.08. The Labute approximate surface area is 107 Å². The third-order valence-corrected chi connectivity index (χ3v) is 2.57. The second-order valence-corrected chi connectivity index (χ2v) is 3.83. The molecule has 0 aliphatic carbocycles. The molecule has 0 atom stereocenters. The highest BCUT2D eigenvalue weighted by Gasteiger charge is 2.12. The standard InChI is InChI=1S/C13H7FN4O/c14-9-3-1-8(2-4-9)12-17-13(19-18-12)11-6-5-10(7-15)16-11/h1-6,16H. The van der Waals surface area contributed by atoms with Crippen molar-refractivity contribution in [3.8, 4) is 29.0 Å². The highest BCUT2D eigenvalue weighted by Crippen LogP contribution is 2.21. The Balaban J connectivity index is 1.95. The van der Waals surface area contributed by atoms with Gasteiger partial charge in [-0.3, -0.25) is 0 Å². The Morgan fingerprint density at radius 1 is 1.16 bits per heavy atom. The monoisotopic (exact) mass is 254 g/mol. The molecular formula is C13H7FN4O. The molecule has 3 rings (SSSR count). The third-order valence-electron chi connectivity index (χ3n) is 2.57. The van der Waals surface area contributed by atoms with E-state index in [1.54, 1.807) is 24.3 Å². The summed E-state index contributed by atoms with van der Waals surface area (Å²) in [5, 5.41) is 12.5. The Hall–Kier alpha value is -2.94. The first kappa shape index (κ1) is 11.2. The van der Waals surface area contributed by atoms with Gasteiger partial charge in [0, 0.05) is 5.56 Å². The van der Waals surface area contributed by atoms with E-state index in [-0.39, 0.29) is 11.7 Å². The van der Waals surface area contributed by atoms with Gasteiger partial charge in [-0.2, -0.15) is 10.2 Å². The maximum atomic E-state index is 12.8. The molecule has 6 heteroatoms. The number of hydrogen-bond donors (Lipinski definition) is 1. The second-order valence-electron chi connectivity index (χ2n) is 3.83. The number of nitrogens with zero attached hydrogens (tertiary/aromatic N) is 3. The largest absolute Gasteiger partial charge is 0.342 e. The van der Waals surface area contributed by atoms with Gasteiger partial charge in [0.25, 0.3) is 5.89 Å². The van der Waals surface area contributed by atoms with Crippen molar-refractivity contribution in [2.24, 2.45) is 0 Å². The van der Waals surface area contributed by atoms with Crippen molar-refractivity contribution in [1.29, 1.82) is 5.26 Å². The molecule has 0 aliphatic rings. The second kappa shape index (κ2) is 4.38. The van der Waals surface area contributed by atoms with Crippen LogP contribution in [-0.4, -0.2) is 15.1 Å². The fourth-order valence-electron chi connectivity index (χ4n) is 1.63. The zero-order chi connectivity index (χ0) is 13.2. The summed E-state index contributed by atoms with van der Waals surface area (Å²) in [5.41, 5.74) is 1.64. The van der Waals surface area contributed by atoms with E-state index in [1.807, 2.05) is 6.07 Å². The maximum absolute atomic E-state index is 12.8. The molecule has 5 nitrogen and oxygen atoms in total. The van der Waals surface area contributed by atoms with Crippen molar-refractivity contribution < 1.29 is 8.91 Å². The van der Waals surface area contributed by atoms with Gasteiger partial charge in [-0.15, -0.1) is 0 Å². The van der Waals surface area contributed by atoms with E-state index in [4.69, 9.17) is 9.78 Å². The van der Waals surface area contributed by atoms with Crippen molar-refractivity contribution in [3.05, 3.63) is 47.9 Å². The van der Waals surface area contributed by atoms with Crippen LogP contribution in [0.2, 0.25) is 0 Å². The lowest BCUT2D eigenvalue weighted by Gasteiger charge is -1.92. The number of hydrogen-bond acceptors (Lipinski definition) is 4. The molecular weight excluding hydrogens is 247 g/mol. The number of benzene rings is 1. The Morgan fingerprint density at radius 3 is 2.63 bits per heavy atom. The summed E-state index contributed by atoms with van der Waals surface area (Å²) in [6.45, 7) is 0. The zero-order valence-electron chi connectivity index (χ0n) is 9.59. The Bertz CT molecular complexity index is 752. The first-order chi connectivity index (χ1) is 9.26. The van der Waals surface area contributed by atoms with E-state index in [1.165, 1.54) is 12.1 Å². The van der Waals surface area contributed by atoms with Gasteiger partial charge in [0.2, 0.25) is 5.82 Å². The summed E-state index contributed by atoms with van der Waals surface area (Å²) in [5.74, 6) is 0.319. The van der Waals surface area contributed by atoms with Crippen molar-refractivity contribution in [1.82, 2.24) is 15.1 Å². The molecule has 2 heterocycles. The maximum Gasteiger partial charge on any atom is 0.274 e. The van der Waals surface area contributed by atoms with Crippen LogP contribution in [-0.2, 0) is 0 Å². The minimum Gasteiger partial charge on any atom is -0.342 e. The molecule has 0 unspecified atom stereocenters. The normalized spacial score (nSPS) is 10.3. The molecule has 2 aromatic heterocycles. The number of H-pyrrole nitrogens is 1. The molecule has 1 aromatic carbocycles. The first-order valence-corrected chi connectivity index (χ1v) is 5.45. The predicted octanol–water partition coefficient (Wildman–Crippen LogP) is 2.74. The lowest BCUT2D eigenvalue weighted by Crippen LogP contribution is -1.82. The van der Waals surface area contributed by atoms with Gasteiger partial charge < -0.3 is 9.51 Å². The van der Waals surface area contributed by atoms with Crippen LogP contribution in [0.25, 0.3) is 23.0 Å². The van der Waals surface area contributed by atoms with Crippen LogP contribution in [0.3, 0.4) is 0 Å². The van der Waals surface area contributed by atoms with Gasteiger partial charge in [-0.1, -0.05) is 5.16 Å². The van der Waals surface area contributed by atoms with Crippen molar-refractivity contribution >= 4 is 0 Å². The summed E-state index contributed by atoms with van der Waals surface area (Å²) in [6.07, 6.45) is 0. The predicted molar refractivity (Wildman–Crippen MR) is 64.2 cm³/mol. The first-order valence-electron chi connectivity index (χ1n) is 5.45. The number of nitriles is 1. The van der Waals surface area contributed by atoms with E-state index in [9.17, 15) is 4.39 Å². The quantitative estimate of drug-likeness (QED) is 0.762. The lowest BCUT2D eigenvalue weighted by atomic mass is 10.2. The van der Waals surface area contributed by atoms with Gasteiger partial charge >= 0.3 is 0 Å². The van der Waals surface area contributed by atoms with E-state index in [0.29, 0.717) is 22.8 Å². The molecule has 0 radical (unpaired) electrons. The Morgan fingerprint density at radius 2 is 1.95 bits per heavy atom. The summed E-state index contributed by atoms with van der Waals surface area (Å²) < 4.78 is 17.9. The van der Waals surface area contributed by atoms with Crippen LogP contribution in [0.4, 0.5) is 4.39 Å². The smallest absolute Gasteiger partial charge is 0.274 e. The molecule has 0 bridgehead atoms. The third kappa shape index (κ3) is 2.09. The highest BCUT2D eigenvalue weighted by atomic mass is 19.1. The van der Waals surface area contributed by atoms with Gasteiger partial charge in [-0.25, -0.2) is 4.39 Å². The molecule has 92 valence electrons. The molecule has 0 saturated heterocycles. The molecule has 19 heavy (non-hydrogen) atoms. The fourth-order valence-corrected chi connectivity index (χ4v) is 1.63. The summed E-state index contributed by atoms with van der Waals surface area (Å²) >= 11 is 0. The van der Waals surface area contributed by atoms with Crippen LogP contribution < -0.4 is 0 Å². The van der Waals surface area contributed by atoms with Gasteiger partial charge in [-0.05, 0) is 36.4 Å². The number of aromatic amines is 1. The van der Waals surface area contributed by atoms with Crippen LogP contribution >= 0.6 is 0 Å². The number of aromatic nitrogens is 3. The van der Waals surface area contributed by atoms with Gasteiger partial charge in [0.15, 0.2) is 0 Å². The van der Waals surface area contributed by atoms with E-state index >= 15 is 0 Å². The SMILES string of the molecule is N#Cc1ccc(-c2nc(-c3ccc(F)cc3)no2)[nH]1. The average molecular weight is 254 g/mol. The molecule has 0 spiro atoms. The number of halogens is 1. The summed E-state index contributed by atoms with van der Waals surface area (Å²) in [4.78, 5) is 7.02. The summed E-state index contributed by atoms with van der Waals surface area (Å²) in [7, 11) is 0. The van der Waals surface area contributed by atoms with Crippen molar-refractivity contribution in [3.63, 3.8) is 0 Å². The molecule has 0 aliphatic heterocycles. The molecule has 0 amide bonds. The van der Waals surface area contributed by atoms with Crippen LogP contribution in [0, 0.1) is 17.1 Å².